The van der Waals surface area contributed by atoms with Crippen LogP contribution in [0.15, 0.2) is 66.9 Å². The van der Waals surface area contributed by atoms with Crippen LogP contribution in [0.3, 0.4) is 0 Å². The van der Waals surface area contributed by atoms with Crippen molar-refractivity contribution in [2.45, 2.75) is 44.4 Å². The number of hydrogen-bond acceptors (Lipinski definition) is 5. The van der Waals surface area contributed by atoms with E-state index in [2.05, 4.69) is 19.7 Å². The van der Waals surface area contributed by atoms with Crippen LogP contribution in [-0.4, -0.2) is 71.4 Å². The van der Waals surface area contributed by atoms with E-state index < -0.39 is 0 Å². The maximum absolute atomic E-state index is 13.4. The van der Waals surface area contributed by atoms with E-state index in [-0.39, 0.29) is 11.7 Å². The van der Waals surface area contributed by atoms with Gasteiger partial charge in [0, 0.05) is 67.0 Å². The fourth-order valence-corrected chi connectivity index (χ4v) is 7.24. The van der Waals surface area contributed by atoms with Crippen molar-refractivity contribution < 1.29 is 14.3 Å². The summed E-state index contributed by atoms with van der Waals surface area (Å²) < 4.78 is 7.85. The van der Waals surface area contributed by atoms with Gasteiger partial charge in [-0.05, 0) is 55.2 Å². The molecule has 4 aromatic rings. The normalized spacial score (nSPS) is 18.5. The Morgan fingerprint density at radius 2 is 1.70 bits per heavy atom. The molecule has 0 radical (unpaired) electrons. The molecule has 2 fully saturated rings. The second-order valence-electron chi connectivity index (χ2n) is 11.6. The van der Waals surface area contributed by atoms with Crippen molar-refractivity contribution in [1.29, 1.82) is 0 Å². The number of piperazine rings is 1. The summed E-state index contributed by atoms with van der Waals surface area (Å²) >= 11 is 18.3. The molecule has 10 heteroatoms. The van der Waals surface area contributed by atoms with Gasteiger partial charge in [0.25, 0.3) is 5.91 Å². The maximum Gasteiger partial charge on any atom is 0.253 e. The number of halogens is 3. The molecule has 2 unspecified atom stereocenters. The zero-order valence-corrected chi connectivity index (χ0v) is 26.8. The van der Waals surface area contributed by atoms with Crippen molar-refractivity contribution in [3.63, 3.8) is 0 Å². The number of hydrogen-bond donors (Lipinski definition) is 1. The number of nitrogens with one attached hydrogen (secondary N) is 1. The van der Waals surface area contributed by atoms with Crippen molar-refractivity contribution in [3.8, 4) is 5.75 Å². The standard InChI is InChI=1S/C34H35Cl3N4O3/c1-44-32-8-3-7-27-28(34(43)38-17-22-9-12-29(36)30(37)15-22)20-40(33(27)32)13-4-14-41-25-10-11-26(41)19-39(18-25)21-31(42)23-5-2-6-24(35)16-23/h2-3,5-9,12,15-16,20,25-26H,4,10-11,13-14,17-19,21H2,1H3,(H,38,43). The zero-order valence-electron chi connectivity index (χ0n) is 24.6. The summed E-state index contributed by atoms with van der Waals surface area (Å²) in [5.41, 5.74) is 3.07. The van der Waals surface area contributed by atoms with Gasteiger partial charge in [-0.25, -0.2) is 0 Å². The number of ether oxygens (including phenoxy) is 1. The second-order valence-corrected chi connectivity index (χ2v) is 12.9. The van der Waals surface area contributed by atoms with Gasteiger partial charge >= 0.3 is 0 Å². The Kier molecular flexibility index (Phi) is 9.50. The number of likely N-dealkylation sites (tertiary alicyclic amines) is 1. The Morgan fingerprint density at radius 3 is 2.43 bits per heavy atom. The molecule has 2 saturated heterocycles. The van der Waals surface area contributed by atoms with Gasteiger partial charge in [-0.1, -0.05) is 65.1 Å². The van der Waals surface area contributed by atoms with Crippen LogP contribution in [0.5, 0.6) is 5.75 Å². The van der Waals surface area contributed by atoms with Crippen LogP contribution in [0.4, 0.5) is 0 Å². The minimum Gasteiger partial charge on any atom is -0.495 e. The second kappa shape index (κ2) is 13.5. The van der Waals surface area contributed by atoms with Crippen LogP contribution in [0.2, 0.25) is 15.1 Å². The molecule has 2 atom stereocenters. The first-order valence-electron chi connectivity index (χ1n) is 15.0. The highest BCUT2D eigenvalue weighted by Crippen LogP contribution is 2.33. The molecular formula is C34H35Cl3N4O3. The zero-order chi connectivity index (χ0) is 30.8. The lowest BCUT2D eigenvalue weighted by atomic mass is 10.1. The van der Waals surface area contributed by atoms with E-state index in [1.807, 2.05) is 42.6 Å². The molecule has 3 aromatic carbocycles. The molecule has 0 aliphatic carbocycles. The predicted octanol–water partition coefficient (Wildman–Crippen LogP) is 6.96. The summed E-state index contributed by atoms with van der Waals surface area (Å²) in [6.07, 6.45) is 5.16. The average molecular weight is 654 g/mol. The van der Waals surface area contributed by atoms with Gasteiger partial charge in [0.2, 0.25) is 0 Å². The van der Waals surface area contributed by atoms with Gasteiger partial charge in [-0.15, -0.1) is 0 Å². The molecule has 1 N–H and O–H groups in total. The summed E-state index contributed by atoms with van der Waals surface area (Å²) in [5.74, 6) is 0.698. The van der Waals surface area contributed by atoms with Gasteiger partial charge in [-0.3, -0.25) is 19.4 Å². The van der Waals surface area contributed by atoms with Gasteiger partial charge in [-0.2, -0.15) is 0 Å². The molecule has 0 spiro atoms. The first-order valence-corrected chi connectivity index (χ1v) is 16.1. The van der Waals surface area contributed by atoms with E-state index in [4.69, 9.17) is 39.5 Å². The number of carbonyl (C=O) groups excluding carboxylic acids is 2. The number of rotatable bonds is 11. The van der Waals surface area contributed by atoms with Gasteiger partial charge in [0.1, 0.15) is 5.75 Å². The number of para-hydroxylation sites is 1. The Labute approximate surface area is 272 Å². The molecule has 2 bridgehead atoms. The minimum absolute atomic E-state index is 0.116. The molecule has 44 heavy (non-hydrogen) atoms. The molecular weight excluding hydrogens is 619 g/mol. The molecule has 230 valence electrons. The number of benzene rings is 3. The monoisotopic (exact) mass is 652 g/mol. The van der Waals surface area contributed by atoms with Crippen molar-refractivity contribution in [2.75, 3.05) is 33.3 Å². The van der Waals surface area contributed by atoms with Gasteiger partial charge in [0.15, 0.2) is 5.78 Å². The minimum atomic E-state index is -0.158. The van der Waals surface area contributed by atoms with E-state index in [1.165, 1.54) is 0 Å². The van der Waals surface area contributed by atoms with E-state index in [9.17, 15) is 9.59 Å². The summed E-state index contributed by atoms with van der Waals surface area (Å²) in [5, 5.41) is 5.41. The van der Waals surface area contributed by atoms with Crippen LogP contribution >= 0.6 is 34.8 Å². The van der Waals surface area contributed by atoms with E-state index in [0.717, 1.165) is 67.7 Å². The van der Waals surface area contributed by atoms with E-state index >= 15 is 0 Å². The third-order valence-electron chi connectivity index (χ3n) is 8.80. The fraction of sp³-hybridized carbons (Fsp3) is 0.353. The van der Waals surface area contributed by atoms with Crippen LogP contribution in [0, 0.1) is 0 Å². The molecule has 7 nitrogen and oxygen atoms in total. The third-order valence-corrected chi connectivity index (χ3v) is 9.78. The summed E-state index contributed by atoms with van der Waals surface area (Å²) in [6.45, 7) is 4.26. The van der Waals surface area contributed by atoms with Crippen molar-refractivity contribution in [2.24, 2.45) is 0 Å². The molecule has 2 aliphatic heterocycles. The Bertz CT molecular complexity index is 1680. The molecule has 1 aromatic heterocycles. The lowest BCUT2D eigenvalue weighted by molar-refractivity contribution is 0.0588. The first-order chi connectivity index (χ1) is 21.3. The number of aromatic nitrogens is 1. The smallest absolute Gasteiger partial charge is 0.253 e. The largest absolute Gasteiger partial charge is 0.495 e. The predicted molar refractivity (Wildman–Crippen MR) is 176 cm³/mol. The van der Waals surface area contributed by atoms with Crippen LogP contribution in [0.1, 0.15) is 45.5 Å². The summed E-state index contributed by atoms with van der Waals surface area (Å²) in [7, 11) is 1.66. The number of amides is 1. The van der Waals surface area contributed by atoms with Gasteiger partial charge < -0.3 is 14.6 Å². The van der Waals surface area contributed by atoms with Crippen molar-refractivity contribution >= 4 is 57.4 Å². The highest BCUT2D eigenvalue weighted by Gasteiger charge is 2.39. The lowest BCUT2D eigenvalue weighted by Gasteiger charge is -2.41. The maximum atomic E-state index is 13.4. The number of methoxy groups -OCH3 is 1. The SMILES string of the molecule is COc1cccc2c(C(=O)NCc3ccc(Cl)c(Cl)c3)cn(CCCN3C4CCC3CN(CC(=O)c3cccc(Cl)c3)C4)c12. The average Bonchev–Trinajstić information content (AvgIpc) is 3.50. The van der Waals surface area contributed by atoms with Crippen molar-refractivity contribution in [3.05, 3.63) is 98.6 Å². The summed E-state index contributed by atoms with van der Waals surface area (Å²) in [6, 6.07) is 19.2. The van der Waals surface area contributed by atoms with Gasteiger partial charge in [0.05, 0.1) is 34.8 Å². The highest BCUT2D eigenvalue weighted by molar-refractivity contribution is 6.42. The Morgan fingerprint density at radius 1 is 0.932 bits per heavy atom. The molecule has 3 heterocycles. The number of aryl methyl sites for hydroxylation is 1. The Hall–Kier alpha value is -3.07. The number of fused-ring (bicyclic) bond motifs is 3. The topological polar surface area (TPSA) is 66.8 Å². The quantitative estimate of drug-likeness (QED) is 0.177. The number of Topliss-reactive ketones (excluding diaryl/α,β-unsaturated/α-hetero) is 1. The van der Waals surface area contributed by atoms with Crippen LogP contribution < -0.4 is 10.1 Å². The van der Waals surface area contributed by atoms with Crippen LogP contribution in [0.25, 0.3) is 10.9 Å². The van der Waals surface area contributed by atoms with E-state index in [1.54, 1.807) is 31.4 Å². The highest BCUT2D eigenvalue weighted by atomic mass is 35.5. The molecule has 0 saturated carbocycles. The summed E-state index contributed by atoms with van der Waals surface area (Å²) in [4.78, 5) is 31.2. The first kappa shape index (κ1) is 30.9. The lowest BCUT2D eigenvalue weighted by Crippen LogP contribution is -2.54. The third kappa shape index (κ3) is 6.63. The molecule has 6 rings (SSSR count). The van der Waals surface area contributed by atoms with E-state index in [0.29, 0.717) is 51.4 Å². The molecule has 1 amide bonds. The fourth-order valence-electron chi connectivity index (χ4n) is 6.73. The van der Waals surface area contributed by atoms with Crippen molar-refractivity contribution in [1.82, 2.24) is 19.7 Å². The van der Waals surface area contributed by atoms with Crippen LogP contribution in [-0.2, 0) is 13.1 Å². The number of nitrogens with zero attached hydrogens (tertiary/aromatic N) is 3. The Balaban J connectivity index is 1.09. The number of carbonyl (C=O) groups is 2. The number of ketones is 1. The molecule has 2 aliphatic rings.